The third kappa shape index (κ3) is 4.60. The second-order valence-corrected chi connectivity index (χ2v) is 6.39. The Hall–Kier alpha value is -2.65. The fourth-order valence-electron chi connectivity index (χ4n) is 2.92. The predicted octanol–water partition coefficient (Wildman–Crippen LogP) is 4.87. The molecule has 1 aromatic heterocycles. The van der Waals surface area contributed by atoms with Gasteiger partial charge < -0.3 is 14.7 Å². The molecule has 10 heteroatoms. The number of benzene rings is 1. The van der Waals surface area contributed by atoms with E-state index < -0.39 is 29.2 Å². The zero-order chi connectivity index (χ0) is 20.5. The second-order valence-electron chi connectivity index (χ2n) is 6.39. The molecule has 1 saturated heterocycles. The Morgan fingerprint density at radius 2 is 1.54 bits per heavy atom. The Bertz CT molecular complexity index is 812. The average molecular weight is 406 g/mol. The predicted molar refractivity (Wildman–Crippen MR) is 88.2 cm³/mol. The molecule has 0 spiro atoms. The number of aromatic nitrogens is 1. The molecule has 0 amide bonds. The molecule has 0 atom stereocenters. The number of aromatic hydroxyl groups is 1. The molecule has 1 aromatic carbocycles. The van der Waals surface area contributed by atoms with Gasteiger partial charge in [0.2, 0.25) is 0 Å². The number of pyridine rings is 1. The van der Waals surface area contributed by atoms with Crippen molar-refractivity contribution in [1.82, 2.24) is 4.98 Å². The molecule has 0 radical (unpaired) electrons. The van der Waals surface area contributed by atoms with Gasteiger partial charge in [0.05, 0.1) is 11.1 Å². The topological polar surface area (TPSA) is 45.6 Å². The molecule has 2 aromatic rings. The Balaban J connectivity index is 1.59. The molecule has 1 aliphatic heterocycles. The minimum Gasteiger partial charge on any atom is -0.504 e. The van der Waals surface area contributed by atoms with Gasteiger partial charge in [-0.05, 0) is 30.3 Å². The number of alkyl halides is 6. The summed E-state index contributed by atoms with van der Waals surface area (Å²) in [6.07, 6.45) is -7.62. The molecule has 152 valence electrons. The van der Waals surface area contributed by atoms with E-state index in [2.05, 4.69) is 4.98 Å². The molecule has 1 N–H and O–H groups in total. The SMILES string of the molecule is Oc1cc(C(F)(F)F)ccc1OC1CCN(c2ccc(C(F)(F)F)cn2)CC1. The second kappa shape index (κ2) is 7.40. The number of hydrogen-bond donors (Lipinski definition) is 1. The molecule has 1 fully saturated rings. The zero-order valence-corrected chi connectivity index (χ0v) is 14.4. The van der Waals surface area contributed by atoms with Crippen LogP contribution in [0.1, 0.15) is 24.0 Å². The van der Waals surface area contributed by atoms with Crippen molar-refractivity contribution >= 4 is 5.82 Å². The van der Waals surface area contributed by atoms with E-state index in [1.165, 1.54) is 6.07 Å². The minimum absolute atomic E-state index is 0.0425. The van der Waals surface area contributed by atoms with Gasteiger partial charge in [-0.2, -0.15) is 26.3 Å². The van der Waals surface area contributed by atoms with E-state index in [1.807, 2.05) is 0 Å². The van der Waals surface area contributed by atoms with Gasteiger partial charge >= 0.3 is 12.4 Å². The molecular formula is C18H16F6N2O2. The normalized spacial score (nSPS) is 16.3. The van der Waals surface area contributed by atoms with Crippen LogP contribution in [0.4, 0.5) is 32.2 Å². The summed E-state index contributed by atoms with van der Waals surface area (Å²) in [5.74, 6) is -0.232. The maximum Gasteiger partial charge on any atom is 0.417 e. The molecule has 3 rings (SSSR count). The lowest BCUT2D eigenvalue weighted by Gasteiger charge is -2.33. The van der Waals surface area contributed by atoms with Gasteiger partial charge in [0.15, 0.2) is 11.5 Å². The van der Waals surface area contributed by atoms with Gasteiger partial charge in [-0.25, -0.2) is 4.98 Å². The molecule has 4 nitrogen and oxygen atoms in total. The third-order valence-corrected chi connectivity index (χ3v) is 4.42. The van der Waals surface area contributed by atoms with E-state index in [0.717, 1.165) is 24.4 Å². The van der Waals surface area contributed by atoms with Crippen LogP contribution in [0.3, 0.4) is 0 Å². The minimum atomic E-state index is -4.56. The fourth-order valence-corrected chi connectivity index (χ4v) is 2.92. The molecule has 0 unspecified atom stereocenters. The van der Waals surface area contributed by atoms with Crippen LogP contribution in [0.2, 0.25) is 0 Å². The monoisotopic (exact) mass is 406 g/mol. The van der Waals surface area contributed by atoms with Crippen molar-refractivity contribution in [3.8, 4) is 11.5 Å². The van der Waals surface area contributed by atoms with Crippen LogP contribution in [-0.4, -0.2) is 29.3 Å². The summed E-state index contributed by atoms with van der Waals surface area (Å²) >= 11 is 0. The number of hydrogen-bond acceptors (Lipinski definition) is 4. The fraction of sp³-hybridized carbons (Fsp3) is 0.389. The van der Waals surface area contributed by atoms with Crippen LogP contribution in [0, 0.1) is 0 Å². The van der Waals surface area contributed by atoms with Crippen LogP contribution in [0.25, 0.3) is 0 Å². The van der Waals surface area contributed by atoms with E-state index >= 15 is 0 Å². The number of rotatable bonds is 3. The first-order valence-electron chi connectivity index (χ1n) is 8.39. The van der Waals surface area contributed by atoms with Crippen molar-refractivity contribution in [3.63, 3.8) is 0 Å². The van der Waals surface area contributed by atoms with Crippen molar-refractivity contribution in [1.29, 1.82) is 0 Å². The highest BCUT2D eigenvalue weighted by Crippen LogP contribution is 2.36. The van der Waals surface area contributed by atoms with E-state index in [9.17, 15) is 31.4 Å². The summed E-state index contributed by atoms with van der Waals surface area (Å²) < 4.78 is 81.2. The zero-order valence-electron chi connectivity index (χ0n) is 14.4. The maximum absolute atomic E-state index is 12.6. The molecule has 2 heterocycles. The van der Waals surface area contributed by atoms with Crippen LogP contribution >= 0.6 is 0 Å². The summed E-state index contributed by atoms with van der Waals surface area (Å²) in [4.78, 5) is 5.64. The molecule has 0 bridgehead atoms. The van der Waals surface area contributed by atoms with Crippen LogP contribution in [0.15, 0.2) is 36.5 Å². The lowest BCUT2D eigenvalue weighted by atomic mass is 10.1. The Kier molecular flexibility index (Phi) is 5.31. The first kappa shape index (κ1) is 20.1. The molecule has 28 heavy (non-hydrogen) atoms. The van der Waals surface area contributed by atoms with E-state index in [4.69, 9.17) is 4.74 Å². The molecule has 0 saturated carbocycles. The van der Waals surface area contributed by atoms with Crippen LogP contribution in [0.5, 0.6) is 11.5 Å². The molecular weight excluding hydrogens is 390 g/mol. The average Bonchev–Trinajstić information content (AvgIpc) is 2.62. The summed E-state index contributed by atoms with van der Waals surface area (Å²) in [5.41, 5.74) is -1.80. The highest BCUT2D eigenvalue weighted by atomic mass is 19.4. The quantitative estimate of drug-likeness (QED) is 0.739. The van der Waals surface area contributed by atoms with Crippen LogP contribution in [-0.2, 0) is 12.4 Å². The number of anilines is 1. The number of nitrogens with zero attached hydrogens (tertiary/aromatic N) is 2. The summed E-state index contributed by atoms with van der Waals surface area (Å²) in [6, 6.07) is 4.77. The number of halogens is 6. The summed E-state index contributed by atoms with van der Waals surface area (Å²) in [5, 5.41) is 9.77. The van der Waals surface area contributed by atoms with E-state index in [0.29, 0.717) is 37.8 Å². The first-order chi connectivity index (χ1) is 13.0. The van der Waals surface area contributed by atoms with E-state index in [1.54, 1.807) is 4.90 Å². The van der Waals surface area contributed by atoms with Crippen molar-refractivity contribution in [2.75, 3.05) is 18.0 Å². The van der Waals surface area contributed by atoms with Crippen molar-refractivity contribution < 1.29 is 36.2 Å². The number of phenolic OH excluding ortho intramolecular Hbond substituents is 1. The third-order valence-electron chi connectivity index (χ3n) is 4.42. The van der Waals surface area contributed by atoms with E-state index in [-0.39, 0.29) is 11.9 Å². The first-order valence-corrected chi connectivity index (χ1v) is 8.39. The maximum atomic E-state index is 12.6. The standard InChI is InChI=1S/C18H16F6N2O2/c19-17(20,21)11-1-3-15(14(27)9-11)28-13-5-7-26(8-6-13)16-4-2-12(10-25-16)18(22,23)24/h1-4,9-10,13,27H,5-8H2. The highest BCUT2D eigenvalue weighted by molar-refractivity contribution is 5.43. The van der Waals surface area contributed by atoms with Crippen molar-refractivity contribution in [2.24, 2.45) is 0 Å². The van der Waals surface area contributed by atoms with Gasteiger partial charge in [-0.1, -0.05) is 0 Å². The summed E-state index contributed by atoms with van der Waals surface area (Å²) in [6.45, 7) is 0.898. The lowest BCUT2D eigenvalue weighted by Crippen LogP contribution is -2.38. The number of ether oxygens (including phenoxy) is 1. The largest absolute Gasteiger partial charge is 0.504 e. The Morgan fingerprint density at radius 3 is 2.04 bits per heavy atom. The van der Waals surface area contributed by atoms with Gasteiger partial charge in [0, 0.05) is 32.1 Å². The van der Waals surface area contributed by atoms with Crippen LogP contribution < -0.4 is 9.64 Å². The molecule has 1 aliphatic rings. The van der Waals surface area contributed by atoms with Gasteiger partial charge in [-0.3, -0.25) is 0 Å². The van der Waals surface area contributed by atoms with Crippen molar-refractivity contribution in [3.05, 3.63) is 47.7 Å². The number of phenols is 1. The van der Waals surface area contributed by atoms with Crippen molar-refractivity contribution in [2.45, 2.75) is 31.3 Å². The van der Waals surface area contributed by atoms with Gasteiger partial charge in [0.1, 0.15) is 11.9 Å². The number of piperidine rings is 1. The lowest BCUT2D eigenvalue weighted by molar-refractivity contribution is -0.138. The van der Waals surface area contributed by atoms with Gasteiger partial charge in [-0.15, -0.1) is 0 Å². The Morgan fingerprint density at radius 1 is 0.929 bits per heavy atom. The van der Waals surface area contributed by atoms with Gasteiger partial charge in [0.25, 0.3) is 0 Å². The highest BCUT2D eigenvalue weighted by Gasteiger charge is 2.32. The summed E-state index contributed by atoms with van der Waals surface area (Å²) in [7, 11) is 0. The Labute approximate surface area is 156 Å². The molecule has 0 aliphatic carbocycles. The smallest absolute Gasteiger partial charge is 0.417 e.